The van der Waals surface area contributed by atoms with Crippen molar-refractivity contribution in [3.8, 4) is 51.7 Å². The first-order valence-corrected chi connectivity index (χ1v) is 9.86. The Morgan fingerprint density at radius 3 is 2.06 bits per heavy atom. The second-order valence-electron chi connectivity index (χ2n) is 7.60. The number of aromatic hydroxyl groups is 7. The number of methoxy groups -OCH3 is 1. The maximum atomic E-state index is 12.8. The van der Waals surface area contributed by atoms with Gasteiger partial charge in [-0.3, -0.25) is 0 Å². The number of benzene rings is 3. The number of hydrogen-bond acceptors (Lipinski definition) is 11. The second-order valence-corrected chi connectivity index (χ2v) is 7.60. The van der Waals surface area contributed by atoms with Gasteiger partial charge in [-0.05, 0) is 36.2 Å². The van der Waals surface area contributed by atoms with E-state index in [2.05, 4.69) is 0 Å². The van der Waals surface area contributed by atoms with Crippen LogP contribution in [0.25, 0.3) is 0 Å². The monoisotopic (exact) mass is 472 g/mol. The van der Waals surface area contributed by atoms with Crippen LogP contribution in [0.5, 0.6) is 51.7 Å². The van der Waals surface area contributed by atoms with Gasteiger partial charge in [0.1, 0.15) is 17.2 Å². The van der Waals surface area contributed by atoms with Crippen LogP contribution in [0.1, 0.15) is 27.4 Å². The third kappa shape index (κ3) is 3.94. The topological polar surface area (TPSA) is 186 Å². The Balaban J connectivity index is 1.74. The van der Waals surface area contributed by atoms with Crippen LogP contribution in [0.3, 0.4) is 0 Å². The van der Waals surface area contributed by atoms with E-state index in [9.17, 15) is 40.5 Å². The van der Waals surface area contributed by atoms with Crippen LogP contribution >= 0.6 is 0 Å². The van der Waals surface area contributed by atoms with E-state index in [1.54, 1.807) is 0 Å². The summed E-state index contributed by atoms with van der Waals surface area (Å²) in [6.07, 6.45) is -1.42. The molecule has 178 valence electrons. The highest BCUT2D eigenvalue weighted by molar-refractivity contribution is 5.91. The summed E-state index contributed by atoms with van der Waals surface area (Å²) in [5.41, 5.74) is 0.227. The first kappa shape index (κ1) is 22.5. The molecule has 0 spiro atoms. The number of phenolic OH excluding ortho intramolecular Hbond substituents is 7. The second kappa shape index (κ2) is 8.35. The molecule has 0 bridgehead atoms. The molecule has 11 heteroatoms. The lowest BCUT2D eigenvalue weighted by molar-refractivity contribution is -0.0705. The Bertz CT molecular complexity index is 1240. The maximum absolute atomic E-state index is 12.8. The number of carbonyl (C=O) groups is 1. The predicted molar refractivity (Wildman–Crippen MR) is 114 cm³/mol. The molecular weight excluding hydrogens is 452 g/mol. The lowest BCUT2D eigenvalue weighted by Gasteiger charge is -2.33. The summed E-state index contributed by atoms with van der Waals surface area (Å²) in [6, 6.07) is 6.61. The highest BCUT2D eigenvalue weighted by Crippen LogP contribution is 2.46. The van der Waals surface area contributed by atoms with Gasteiger partial charge >= 0.3 is 5.97 Å². The van der Waals surface area contributed by atoms with Gasteiger partial charge < -0.3 is 50.0 Å². The van der Waals surface area contributed by atoms with E-state index in [4.69, 9.17) is 14.2 Å². The van der Waals surface area contributed by atoms with Crippen LogP contribution < -0.4 is 9.47 Å². The summed E-state index contributed by atoms with van der Waals surface area (Å²) in [7, 11) is 1.22. The fourth-order valence-electron chi connectivity index (χ4n) is 3.77. The Hall–Kier alpha value is -4.67. The molecule has 34 heavy (non-hydrogen) atoms. The number of esters is 1. The van der Waals surface area contributed by atoms with Crippen molar-refractivity contribution < 1.29 is 54.8 Å². The van der Waals surface area contributed by atoms with Crippen LogP contribution in [-0.4, -0.2) is 55.1 Å². The van der Waals surface area contributed by atoms with Crippen molar-refractivity contribution in [2.45, 2.75) is 18.6 Å². The quantitative estimate of drug-likeness (QED) is 0.218. The molecule has 4 rings (SSSR count). The average molecular weight is 472 g/mol. The molecule has 1 aliphatic rings. The molecule has 3 aromatic carbocycles. The van der Waals surface area contributed by atoms with Crippen molar-refractivity contribution in [3.05, 3.63) is 53.1 Å². The standard InChI is InChI=1S/C23H20O11/c1-32-21-17(28)4-10(5-18(21)29)22(31)34-23-12(9-2-15(26)20(30)16(27)3-9)8-13-14(25)6-11(24)7-19(13)33-23/h2-7,12,23-30H,8H2,1H3. The predicted octanol–water partition coefficient (Wildman–Crippen LogP) is 2.54. The first-order valence-electron chi connectivity index (χ1n) is 9.86. The average Bonchev–Trinajstić information content (AvgIpc) is 2.76. The first-order chi connectivity index (χ1) is 16.1. The third-order valence-corrected chi connectivity index (χ3v) is 5.40. The Morgan fingerprint density at radius 2 is 1.47 bits per heavy atom. The van der Waals surface area contributed by atoms with Crippen molar-refractivity contribution >= 4 is 5.97 Å². The fourth-order valence-corrected chi connectivity index (χ4v) is 3.77. The van der Waals surface area contributed by atoms with Gasteiger partial charge in [0.15, 0.2) is 28.7 Å². The Morgan fingerprint density at radius 1 is 0.853 bits per heavy atom. The number of fused-ring (bicyclic) bond motifs is 1. The molecule has 1 heterocycles. The van der Waals surface area contributed by atoms with Crippen molar-refractivity contribution in [3.63, 3.8) is 0 Å². The van der Waals surface area contributed by atoms with Crippen molar-refractivity contribution in [1.82, 2.24) is 0 Å². The normalized spacial score (nSPS) is 16.9. The number of carbonyl (C=O) groups excluding carboxylic acids is 1. The van der Waals surface area contributed by atoms with Gasteiger partial charge in [-0.25, -0.2) is 4.79 Å². The van der Waals surface area contributed by atoms with Gasteiger partial charge in [0.05, 0.1) is 18.6 Å². The minimum atomic E-state index is -1.41. The molecule has 11 nitrogen and oxygen atoms in total. The summed E-state index contributed by atoms with van der Waals surface area (Å²) in [5, 5.41) is 69.6. The van der Waals surface area contributed by atoms with E-state index in [0.29, 0.717) is 0 Å². The van der Waals surface area contributed by atoms with Gasteiger partial charge in [0.25, 0.3) is 6.29 Å². The molecule has 0 saturated heterocycles. The lowest BCUT2D eigenvalue weighted by atomic mass is 9.88. The van der Waals surface area contributed by atoms with E-state index in [-0.39, 0.29) is 46.1 Å². The zero-order valence-electron chi connectivity index (χ0n) is 17.6. The van der Waals surface area contributed by atoms with Crippen molar-refractivity contribution in [1.29, 1.82) is 0 Å². The highest BCUT2D eigenvalue weighted by Gasteiger charge is 2.37. The van der Waals surface area contributed by atoms with Gasteiger partial charge in [-0.1, -0.05) is 0 Å². The maximum Gasteiger partial charge on any atom is 0.341 e. The van der Waals surface area contributed by atoms with E-state index >= 15 is 0 Å². The summed E-state index contributed by atoms with van der Waals surface area (Å²) in [5.74, 6) is -5.74. The minimum Gasteiger partial charge on any atom is -0.508 e. The fraction of sp³-hybridized carbons (Fsp3) is 0.174. The number of rotatable bonds is 4. The minimum absolute atomic E-state index is 0.0117. The molecule has 0 aliphatic carbocycles. The molecule has 2 atom stereocenters. The summed E-state index contributed by atoms with van der Waals surface area (Å²) < 4.78 is 16.0. The largest absolute Gasteiger partial charge is 0.508 e. The smallest absolute Gasteiger partial charge is 0.341 e. The number of ether oxygens (including phenoxy) is 3. The van der Waals surface area contributed by atoms with E-state index < -0.39 is 46.9 Å². The number of hydrogen-bond donors (Lipinski definition) is 7. The molecule has 0 fully saturated rings. The van der Waals surface area contributed by atoms with Crippen LogP contribution in [0.15, 0.2) is 36.4 Å². The van der Waals surface area contributed by atoms with Gasteiger partial charge in [0, 0.05) is 17.7 Å². The van der Waals surface area contributed by atoms with Gasteiger partial charge in [-0.2, -0.15) is 0 Å². The SMILES string of the molecule is COc1c(O)cc(C(=O)OC2Oc3cc(O)cc(O)c3CC2c2cc(O)c(O)c(O)c2)cc1O. The summed E-state index contributed by atoms with van der Waals surface area (Å²) in [4.78, 5) is 12.8. The van der Waals surface area contributed by atoms with Crippen LogP contribution in [0, 0.1) is 0 Å². The molecule has 2 unspecified atom stereocenters. The molecule has 3 aromatic rings. The summed E-state index contributed by atoms with van der Waals surface area (Å²) >= 11 is 0. The van der Waals surface area contributed by atoms with E-state index in [1.165, 1.54) is 13.2 Å². The molecule has 0 amide bonds. The number of phenols is 7. The van der Waals surface area contributed by atoms with Gasteiger partial charge in [-0.15, -0.1) is 0 Å². The van der Waals surface area contributed by atoms with E-state index in [1.807, 2.05) is 0 Å². The molecule has 0 aromatic heterocycles. The van der Waals surface area contributed by atoms with Crippen molar-refractivity contribution in [2.75, 3.05) is 7.11 Å². The van der Waals surface area contributed by atoms with Crippen LogP contribution in [-0.2, 0) is 11.2 Å². The van der Waals surface area contributed by atoms with Crippen LogP contribution in [0.2, 0.25) is 0 Å². The zero-order valence-corrected chi connectivity index (χ0v) is 17.6. The summed E-state index contributed by atoms with van der Waals surface area (Å²) in [6.45, 7) is 0. The van der Waals surface area contributed by atoms with Gasteiger partial charge in [0.2, 0.25) is 5.75 Å². The zero-order chi connectivity index (χ0) is 24.7. The molecule has 0 radical (unpaired) electrons. The lowest BCUT2D eigenvalue weighted by Crippen LogP contribution is -2.35. The van der Waals surface area contributed by atoms with E-state index in [0.717, 1.165) is 30.3 Å². The third-order valence-electron chi connectivity index (χ3n) is 5.40. The Kier molecular flexibility index (Phi) is 5.53. The molecule has 0 saturated carbocycles. The molecule has 7 N–H and O–H groups in total. The van der Waals surface area contributed by atoms with Crippen molar-refractivity contribution in [2.24, 2.45) is 0 Å². The molecule has 1 aliphatic heterocycles. The molecular formula is C23H20O11. The Labute approximate surface area is 191 Å². The highest BCUT2D eigenvalue weighted by atomic mass is 16.7. The van der Waals surface area contributed by atoms with Crippen LogP contribution in [0.4, 0.5) is 0 Å².